The molecule has 0 aliphatic carbocycles. The Hall–Kier alpha value is -2.78. The summed E-state index contributed by atoms with van der Waals surface area (Å²) in [5.74, 6) is -3.54. The maximum Gasteiger partial charge on any atom is 0.224 e. The van der Waals surface area contributed by atoms with E-state index in [4.69, 9.17) is 17.3 Å². The number of fused-ring (bicyclic) bond motifs is 3. The third-order valence-electron chi connectivity index (χ3n) is 5.18. The maximum atomic E-state index is 13.9. The van der Waals surface area contributed by atoms with E-state index in [-0.39, 0.29) is 30.5 Å². The van der Waals surface area contributed by atoms with Crippen LogP contribution in [0.4, 0.5) is 18.9 Å². The van der Waals surface area contributed by atoms with Crippen molar-refractivity contribution in [3.63, 3.8) is 0 Å². The van der Waals surface area contributed by atoms with E-state index >= 15 is 0 Å². The zero-order valence-corrected chi connectivity index (χ0v) is 16.5. The quantitative estimate of drug-likeness (QED) is 0.721. The fourth-order valence-corrected chi connectivity index (χ4v) is 3.86. The van der Waals surface area contributed by atoms with E-state index in [1.54, 1.807) is 17.3 Å². The Kier molecular flexibility index (Phi) is 5.57. The SMILES string of the molecule is N[C@@H](CC(=O)N1Cc2ccc(Cl)cc2N2C=NNC2C1)Cc1cc(F)c(F)cc1F. The largest absolute Gasteiger partial charge is 0.334 e. The normalized spacial score (nSPS) is 18.5. The van der Waals surface area contributed by atoms with Gasteiger partial charge in [0, 0.05) is 30.1 Å². The Balaban J connectivity index is 1.48. The number of amides is 1. The van der Waals surface area contributed by atoms with Gasteiger partial charge in [0.1, 0.15) is 18.3 Å². The molecular weight excluding hydrogens is 419 g/mol. The van der Waals surface area contributed by atoms with Crippen molar-refractivity contribution in [2.75, 3.05) is 11.4 Å². The highest BCUT2D eigenvalue weighted by atomic mass is 35.5. The van der Waals surface area contributed by atoms with Gasteiger partial charge in [-0.05, 0) is 35.7 Å². The number of benzene rings is 2. The van der Waals surface area contributed by atoms with Gasteiger partial charge < -0.3 is 15.5 Å². The van der Waals surface area contributed by atoms with E-state index in [1.807, 2.05) is 17.0 Å². The summed E-state index contributed by atoms with van der Waals surface area (Å²) >= 11 is 6.13. The summed E-state index contributed by atoms with van der Waals surface area (Å²) < 4.78 is 40.4. The van der Waals surface area contributed by atoms with Gasteiger partial charge in [-0.15, -0.1) is 0 Å². The van der Waals surface area contributed by atoms with Gasteiger partial charge in [-0.2, -0.15) is 5.10 Å². The molecule has 0 radical (unpaired) electrons. The second-order valence-electron chi connectivity index (χ2n) is 7.37. The van der Waals surface area contributed by atoms with Gasteiger partial charge in [0.05, 0.1) is 12.2 Å². The summed E-state index contributed by atoms with van der Waals surface area (Å²) in [6.07, 6.45) is 1.22. The number of halogens is 4. The predicted molar refractivity (Wildman–Crippen MR) is 107 cm³/mol. The van der Waals surface area contributed by atoms with Crippen LogP contribution in [0.1, 0.15) is 17.5 Å². The lowest BCUT2D eigenvalue weighted by atomic mass is 10.0. The number of hydrazone groups is 1. The van der Waals surface area contributed by atoms with E-state index in [1.165, 1.54) is 0 Å². The van der Waals surface area contributed by atoms with Crippen molar-refractivity contribution in [2.45, 2.75) is 31.6 Å². The zero-order valence-electron chi connectivity index (χ0n) is 15.8. The molecule has 6 nitrogen and oxygen atoms in total. The molecular formula is C20H19ClF3N5O. The van der Waals surface area contributed by atoms with Crippen molar-refractivity contribution in [3.8, 4) is 0 Å². The molecule has 4 rings (SSSR count). The minimum Gasteiger partial charge on any atom is -0.334 e. The number of hydrogen-bond donors (Lipinski definition) is 2. The first-order chi connectivity index (χ1) is 14.3. The highest BCUT2D eigenvalue weighted by Gasteiger charge is 2.32. The summed E-state index contributed by atoms with van der Waals surface area (Å²) in [5.41, 5.74) is 10.7. The summed E-state index contributed by atoms with van der Waals surface area (Å²) in [7, 11) is 0. The summed E-state index contributed by atoms with van der Waals surface area (Å²) in [5, 5.41) is 4.64. The topological polar surface area (TPSA) is 74.0 Å². The first-order valence-corrected chi connectivity index (χ1v) is 9.72. The van der Waals surface area contributed by atoms with Crippen molar-refractivity contribution >= 4 is 29.5 Å². The highest BCUT2D eigenvalue weighted by molar-refractivity contribution is 6.31. The first-order valence-electron chi connectivity index (χ1n) is 9.34. The van der Waals surface area contributed by atoms with E-state index in [0.717, 1.165) is 17.3 Å². The van der Waals surface area contributed by atoms with Crippen molar-refractivity contribution < 1.29 is 18.0 Å². The Morgan fingerprint density at radius 1 is 1.23 bits per heavy atom. The number of nitrogens with zero attached hydrogens (tertiary/aromatic N) is 3. The number of carbonyl (C=O) groups is 1. The zero-order chi connectivity index (χ0) is 21.4. The lowest BCUT2D eigenvalue weighted by Gasteiger charge is -2.26. The molecule has 30 heavy (non-hydrogen) atoms. The van der Waals surface area contributed by atoms with Crippen LogP contribution in [-0.4, -0.2) is 35.9 Å². The lowest BCUT2D eigenvalue weighted by molar-refractivity contribution is -0.132. The van der Waals surface area contributed by atoms with Gasteiger partial charge in [-0.25, -0.2) is 13.2 Å². The van der Waals surface area contributed by atoms with Crippen molar-refractivity contribution in [3.05, 3.63) is 63.9 Å². The number of carbonyl (C=O) groups excluding carboxylic acids is 1. The highest BCUT2D eigenvalue weighted by Crippen LogP contribution is 2.31. The Bertz CT molecular complexity index is 1020. The molecule has 2 aromatic carbocycles. The number of nitrogens with one attached hydrogen (secondary N) is 1. The van der Waals surface area contributed by atoms with Crippen LogP contribution in [0.2, 0.25) is 5.02 Å². The van der Waals surface area contributed by atoms with Gasteiger partial charge in [0.2, 0.25) is 5.91 Å². The van der Waals surface area contributed by atoms with Crippen LogP contribution < -0.4 is 16.1 Å². The molecule has 1 amide bonds. The van der Waals surface area contributed by atoms with Gasteiger partial charge >= 0.3 is 0 Å². The molecule has 0 spiro atoms. The fraction of sp³-hybridized carbons (Fsp3) is 0.300. The number of rotatable bonds is 4. The predicted octanol–water partition coefficient (Wildman–Crippen LogP) is 2.74. The summed E-state index contributed by atoms with van der Waals surface area (Å²) in [6.45, 7) is 0.692. The molecule has 0 aromatic heterocycles. The number of nitrogens with two attached hydrogens (primary N) is 1. The Labute approximate surface area is 176 Å². The van der Waals surface area contributed by atoms with Crippen molar-refractivity contribution in [1.29, 1.82) is 0 Å². The average Bonchev–Trinajstić information content (AvgIpc) is 3.09. The lowest BCUT2D eigenvalue weighted by Crippen LogP contribution is -2.46. The van der Waals surface area contributed by atoms with E-state index < -0.39 is 23.5 Å². The maximum absolute atomic E-state index is 13.9. The molecule has 10 heteroatoms. The van der Waals surface area contributed by atoms with Crippen LogP contribution in [-0.2, 0) is 17.8 Å². The summed E-state index contributed by atoms with van der Waals surface area (Å²) in [4.78, 5) is 16.5. The van der Waals surface area contributed by atoms with Gasteiger partial charge in [0.15, 0.2) is 11.6 Å². The molecule has 2 atom stereocenters. The first kappa shape index (κ1) is 20.5. The van der Waals surface area contributed by atoms with E-state index in [0.29, 0.717) is 24.2 Å². The molecule has 2 aliphatic rings. The minimum atomic E-state index is -1.26. The molecule has 2 aliphatic heterocycles. The molecule has 1 unspecified atom stereocenters. The second kappa shape index (κ2) is 8.16. The molecule has 3 N–H and O–H groups in total. The molecule has 0 bridgehead atoms. The van der Waals surface area contributed by atoms with Crippen LogP contribution in [0, 0.1) is 17.5 Å². The molecule has 0 fully saturated rings. The number of anilines is 1. The number of hydrogen-bond acceptors (Lipinski definition) is 5. The third-order valence-corrected chi connectivity index (χ3v) is 5.42. The Morgan fingerprint density at radius 3 is 2.80 bits per heavy atom. The molecule has 158 valence electrons. The van der Waals surface area contributed by atoms with Gasteiger partial charge in [0.25, 0.3) is 0 Å². The van der Waals surface area contributed by atoms with Crippen molar-refractivity contribution in [1.82, 2.24) is 10.3 Å². The van der Waals surface area contributed by atoms with Crippen molar-refractivity contribution in [2.24, 2.45) is 10.8 Å². The average molecular weight is 438 g/mol. The smallest absolute Gasteiger partial charge is 0.224 e. The van der Waals surface area contributed by atoms with Crippen LogP contribution in [0.5, 0.6) is 0 Å². The molecule has 0 saturated carbocycles. The third kappa shape index (κ3) is 4.08. The fourth-order valence-electron chi connectivity index (χ4n) is 3.69. The Morgan fingerprint density at radius 2 is 2.00 bits per heavy atom. The minimum absolute atomic E-state index is 0.0675. The molecule has 2 aromatic rings. The summed E-state index contributed by atoms with van der Waals surface area (Å²) in [6, 6.07) is 5.92. The van der Waals surface area contributed by atoms with E-state index in [2.05, 4.69) is 10.5 Å². The monoisotopic (exact) mass is 437 g/mol. The van der Waals surface area contributed by atoms with Crippen LogP contribution in [0.25, 0.3) is 0 Å². The molecule has 2 heterocycles. The van der Waals surface area contributed by atoms with Gasteiger partial charge in [-0.1, -0.05) is 17.7 Å². The van der Waals surface area contributed by atoms with E-state index in [9.17, 15) is 18.0 Å². The van der Waals surface area contributed by atoms with Crippen LogP contribution >= 0.6 is 11.6 Å². The van der Waals surface area contributed by atoms with Crippen LogP contribution in [0.15, 0.2) is 35.4 Å². The van der Waals surface area contributed by atoms with Gasteiger partial charge in [-0.3, -0.25) is 10.2 Å². The molecule has 0 saturated heterocycles. The standard InChI is InChI=1S/C20H19ClF3N5O/c21-13-2-1-11-8-28(9-19-27-26-10-29(19)18(11)5-13)20(30)6-14(25)3-12-4-16(23)17(24)7-15(12)22/h1-2,4-5,7,10,14,19,27H,3,6,8-9,25H2/t14-,19?/m1/s1. The van der Waals surface area contributed by atoms with Crippen LogP contribution in [0.3, 0.4) is 0 Å². The second-order valence-corrected chi connectivity index (χ2v) is 7.81.